The molecule has 0 spiro atoms. The summed E-state index contributed by atoms with van der Waals surface area (Å²) in [5, 5.41) is 0. The number of halogens is 9. The van der Waals surface area contributed by atoms with Crippen LogP contribution in [0.1, 0.15) is 0 Å². The van der Waals surface area contributed by atoms with Crippen LogP contribution < -0.4 is 174 Å². The van der Waals surface area contributed by atoms with Gasteiger partial charge in [0.25, 0.3) is 0 Å². The van der Waals surface area contributed by atoms with E-state index in [9.17, 15) is 0 Å². The van der Waals surface area contributed by atoms with Crippen molar-refractivity contribution >= 4 is 314 Å². The van der Waals surface area contributed by atoms with Crippen molar-refractivity contribution < 1.29 is 352 Å². The van der Waals surface area contributed by atoms with E-state index in [0.717, 1.165) is 0 Å². The Kier molecular flexibility index (Phi) is 398. The molecule has 0 aromatic carbocycles. The monoisotopic (exact) mass is 1720 g/mol. The Morgan fingerprint density at radius 1 is 0.157 bits per heavy atom. The fourth-order valence-electron chi connectivity index (χ4n) is 0. The van der Waals surface area contributed by atoms with Crippen LogP contribution in [0, 0.1) is 0 Å². The normalized spacial score (nSPS) is 7.59. The molecular formula is Ca4F9Fe4Mg4Mn4O36P9. The second kappa shape index (κ2) is 120. The van der Waals surface area contributed by atoms with Crippen LogP contribution in [-0.4, -0.2) is 243 Å². The minimum atomic E-state index is -5.39. The largest absolute Gasteiger partial charge is 3.00 e. The summed E-state index contributed by atoms with van der Waals surface area (Å²) in [6.45, 7) is 0. The van der Waals surface area contributed by atoms with Gasteiger partial charge in [-0.1, -0.05) is 0 Å². The maximum absolute atomic E-state index is 8.55. The van der Waals surface area contributed by atoms with Gasteiger partial charge in [0.1, 0.15) is 0 Å². The summed E-state index contributed by atoms with van der Waals surface area (Å²) in [4.78, 5) is 231. The summed E-state index contributed by atoms with van der Waals surface area (Å²) in [6.07, 6.45) is 0. The molecule has 70 heteroatoms. The van der Waals surface area contributed by atoms with Gasteiger partial charge in [-0.25, -0.2) is 0 Å². The molecular weight excluding hydrogens is 1730 g/mol. The van der Waals surface area contributed by atoms with Crippen LogP contribution >= 0.6 is 70.4 Å². The van der Waals surface area contributed by atoms with E-state index in [1.165, 1.54) is 0 Å². The number of phosphoric acid groups is 9. The Morgan fingerprint density at radius 3 is 0.157 bits per heavy atom. The summed E-state index contributed by atoms with van der Waals surface area (Å²) in [5.74, 6) is 0. The first-order valence-corrected chi connectivity index (χ1v) is 19.7. The SMILES string of the molecule is O=P([O-])([O-])[O-].O=P([O-])([O-])[O-].O=P([O-])([O-])[O-].O=P([O-])([O-])[O-].O=P([O-])([O-])[O-].O=P([O-])([O-])[O-].O=P([O-])([O-])[O-].O=P([O-])([O-])[O-].O=P([O-])([O-])[O-].[Ca+2].[Ca+2].[Ca+2].[Ca+2].[F-].[F-].[F-].[F-].[F-].[F-].[F-].[F-].[F-].[Fe+3].[Fe+3].[Fe+3].[Fe+3].[Mg+2].[Mg+2].[Mg+2].[Mg+2].[Mn+2].[Mn+2].[Mn+2].[Mn+2]. The van der Waals surface area contributed by atoms with E-state index >= 15 is 0 Å². The molecule has 0 rings (SSSR count). The molecule has 0 heterocycles. The molecule has 0 aromatic heterocycles. The third-order valence-electron chi connectivity index (χ3n) is 0. The Hall–Kier alpha value is 12.6. The third-order valence-corrected chi connectivity index (χ3v) is 0. The fourth-order valence-corrected chi connectivity index (χ4v) is 0. The zero-order valence-electron chi connectivity index (χ0n) is 30.7. The van der Waals surface area contributed by atoms with Gasteiger partial charge in [0.15, 0.2) is 0 Å². The van der Waals surface area contributed by atoms with Crippen molar-refractivity contribution in [2.24, 2.45) is 0 Å². The van der Waals surface area contributed by atoms with E-state index in [2.05, 4.69) is 0 Å². The molecule has 0 aliphatic carbocycles. The zero-order chi connectivity index (χ0) is 40.5. The van der Waals surface area contributed by atoms with Crippen molar-refractivity contribution in [3.05, 3.63) is 0 Å². The molecule has 8 radical (unpaired) electrons. The second-order valence-electron chi connectivity index (χ2n) is 4.02. The van der Waals surface area contributed by atoms with E-state index in [-0.39, 0.29) is 422 Å². The molecule has 0 unspecified atom stereocenters. The number of hydrogen-bond donors (Lipinski definition) is 0. The fraction of sp³-hybridized carbons (Fsp3) is 0. The summed E-state index contributed by atoms with van der Waals surface area (Å²) in [5.41, 5.74) is 0. The minimum absolute atomic E-state index is 0. The predicted octanol–water partition coefficient (Wildman–Crippen LogP) is -55.5. The van der Waals surface area contributed by atoms with Crippen LogP contribution in [0.2, 0.25) is 0 Å². The minimum Gasteiger partial charge on any atom is -1.00 e. The molecule has 0 amide bonds. The standard InChI is InChI=1S/4Ca.9FH.4Fe.4Mg.4Mn.9H3O4P/c;;;;;;;;;;;;;;;;;;;;;;;;;9*1-5(2,3)4/h;;;;9*1H;;;;;;;;;;;;;9*(H3,1,2,3,4)/q4*+2;;;;;;;;;;4*+3;8*+2;;;;;;;;;/p-36. The molecule has 0 atom stereocenters. The topological polar surface area (TPSA) is 776 Å². The summed E-state index contributed by atoms with van der Waals surface area (Å²) in [7, 11) is -48.5. The molecule has 0 N–H and O–H groups in total. The molecule has 0 fully saturated rings. The van der Waals surface area contributed by atoms with Crippen LogP contribution in [0.5, 0.6) is 0 Å². The van der Waals surface area contributed by atoms with Gasteiger partial charge in [0.05, 0.1) is 0 Å². The Bertz CT molecular complexity index is 855. The number of rotatable bonds is 0. The Labute approximate surface area is 653 Å². The summed E-state index contributed by atoms with van der Waals surface area (Å²) in [6, 6.07) is 0. The van der Waals surface area contributed by atoms with Crippen molar-refractivity contribution in [3.8, 4) is 0 Å². The molecule has 0 aliphatic rings. The molecule has 0 aliphatic heterocycles. The predicted molar refractivity (Wildman–Crippen MR) is 114 cm³/mol. The van der Waals surface area contributed by atoms with Gasteiger partial charge >= 0.3 is 380 Å². The van der Waals surface area contributed by atoms with E-state index in [0.29, 0.717) is 0 Å². The van der Waals surface area contributed by atoms with Crippen LogP contribution in [-0.2, 0) is 178 Å². The van der Waals surface area contributed by atoms with Crippen LogP contribution in [0.15, 0.2) is 0 Å². The van der Waals surface area contributed by atoms with Gasteiger partial charge in [-0.2, -0.15) is 70.4 Å². The van der Waals surface area contributed by atoms with Gasteiger partial charge in [0, 0.05) is 0 Å². The molecule has 0 saturated heterocycles. The molecule has 400 valence electrons. The first-order chi connectivity index (χ1) is 18.0. The zero-order valence-corrected chi connectivity index (χ0v) is 62.4. The first-order valence-electron chi connectivity index (χ1n) is 6.57. The Morgan fingerprint density at radius 2 is 0.157 bits per heavy atom. The van der Waals surface area contributed by atoms with Gasteiger partial charge in [-0.3, -0.25) is 0 Å². The molecule has 0 saturated carbocycles. The molecule has 0 aromatic rings. The Balaban J connectivity index is -0.00000000623. The molecule has 70 heavy (non-hydrogen) atoms. The smallest absolute Gasteiger partial charge is 1.00 e. The van der Waals surface area contributed by atoms with Gasteiger partial charge in [0.2, 0.25) is 0 Å². The van der Waals surface area contributed by atoms with Crippen molar-refractivity contribution in [1.29, 1.82) is 0 Å². The van der Waals surface area contributed by atoms with Crippen molar-refractivity contribution in [1.82, 2.24) is 0 Å². The van der Waals surface area contributed by atoms with Crippen molar-refractivity contribution in [2.45, 2.75) is 0 Å². The summed E-state index contributed by atoms with van der Waals surface area (Å²) < 4.78 is 76.9. The number of hydrogen-bond acceptors (Lipinski definition) is 36. The van der Waals surface area contributed by atoms with E-state index < -0.39 is 70.4 Å². The van der Waals surface area contributed by atoms with Gasteiger partial charge in [-0.05, 0) is 0 Å². The maximum Gasteiger partial charge on any atom is 3.00 e. The van der Waals surface area contributed by atoms with Crippen molar-refractivity contribution in [3.63, 3.8) is 0 Å². The van der Waals surface area contributed by atoms with E-state index in [1.54, 1.807) is 0 Å². The van der Waals surface area contributed by atoms with E-state index in [1.807, 2.05) is 0 Å². The van der Waals surface area contributed by atoms with Crippen LogP contribution in [0.25, 0.3) is 0 Å². The third kappa shape index (κ3) is 3210. The molecule has 0 bridgehead atoms. The molecule has 36 nitrogen and oxygen atoms in total. The second-order valence-corrected chi connectivity index (χ2v) is 12.1. The van der Waals surface area contributed by atoms with Crippen LogP contribution in [0.4, 0.5) is 0 Å². The average molecular weight is 1730 g/mol. The maximum atomic E-state index is 8.55. The average Bonchev–Trinajstić information content (AvgIpc) is 2.26. The van der Waals surface area contributed by atoms with E-state index in [4.69, 9.17) is 173 Å². The van der Waals surface area contributed by atoms with Crippen LogP contribution in [0.3, 0.4) is 0 Å². The first kappa shape index (κ1) is 233. The van der Waals surface area contributed by atoms with Crippen molar-refractivity contribution in [2.75, 3.05) is 0 Å². The van der Waals surface area contributed by atoms with Gasteiger partial charge < -0.3 is 216 Å². The quantitative estimate of drug-likeness (QED) is 0.123. The van der Waals surface area contributed by atoms with Gasteiger partial charge in [-0.15, -0.1) is 0 Å². The summed E-state index contributed by atoms with van der Waals surface area (Å²) >= 11 is 0.